The van der Waals surface area contributed by atoms with Gasteiger partial charge in [0.05, 0.1) is 0 Å². The van der Waals surface area contributed by atoms with Crippen LogP contribution in [0.2, 0.25) is 0 Å². The molecule has 7 unspecified atom stereocenters. The van der Waals surface area contributed by atoms with Gasteiger partial charge in [0.1, 0.15) is 12.2 Å². The molecule has 0 radical (unpaired) electrons. The van der Waals surface area contributed by atoms with Gasteiger partial charge >= 0.3 is 11.9 Å². The van der Waals surface area contributed by atoms with Crippen molar-refractivity contribution >= 4 is 11.9 Å². The minimum Gasteiger partial charge on any atom is -0.462 e. The summed E-state index contributed by atoms with van der Waals surface area (Å²) in [7, 11) is 0. The minimum absolute atomic E-state index is 0.0570. The highest BCUT2D eigenvalue weighted by molar-refractivity contribution is 5.66. The van der Waals surface area contributed by atoms with Crippen LogP contribution >= 0.6 is 0 Å². The average Bonchev–Trinajstić information content (AvgIpc) is 2.98. The van der Waals surface area contributed by atoms with Gasteiger partial charge in [-0.25, -0.2) is 0 Å². The van der Waals surface area contributed by atoms with Crippen LogP contribution in [0.3, 0.4) is 0 Å². The highest BCUT2D eigenvalue weighted by atomic mass is 16.5. The van der Waals surface area contributed by atoms with Crippen molar-refractivity contribution < 1.29 is 19.1 Å². The van der Waals surface area contributed by atoms with Gasteiger partial charge in [-0.1, -0.05) is 31.6 Å². The largest absolute Gasteiger partial charge is 0.462 e. The first-order chi connectivity index (χ1) is 13.6. The molecule has 0 aromatic heterocycles. The number of allylic oxidation sites excluding steroid dienone is 2. The van der Waals surface area contributed by atoms with Crippen LogP contribution in [-0.4, -0.2) is 24.1 Å². The second-order valence-electron chi connectivity index (χ2n) is 10.3. The maximum atomic E-state index is 11.5. The highest BCUT2D eigenvalue weighted by Gasteiger charge is 2.57. The van der Waals surface area contributed by atoms with Crippen molar-refractivity contribution in [3.05, 3.63) is 23.3 Å². The van der Waals surface area contributed by atoms with Crippen molar-refractivity contribution in [3.8, 4) is 0 Å². The zero-order valence-corrected chi connectivity index (χ0v) is 18.6. The molecule has 2 saturated carbocycles. The van der Waals surface area contributed by atoms with Crippen molar-refractivity contribution in [3.63, 3.8) is 0 Å². The molecule has 4 aliphatic rings. The summed E-state index contributed by atoms with van der Waals surface area (Å²) in [6.45, 7) is 9.92. The van der Waals surface area contributed by atoms with Crippen molar-refractivity contribution in [1.29, 1.82) is 0 Å². The van der Waals surface area contributed by atoms with Crippen LogP contribution in [0.5, 0.6) is 0 Å². The van der Waals surface area contributed by atoms with Crippen LogP contribution < -0.4 is 0 Å². The van der Waals surface area contributed by atoms with E-state index in [1.54, 1.807) is 0 Å². The summed E-state index contributed by atoms with van der Waals surface area (Å²) in [5.41, 5.74) is 3.26. The molecule has 4 aliphatic carbocycles. The first-order valence-electron chi connectivity index (χ1n) is 11.4. The molecule has 0 bridgehead atoms. The molecule has 2 fully saturated rings. The zero-order chi connectivity index (χ0) is 21.0. The van der Waals surface area contributed by atoms with Crippen LogP contribution in [0.25, 0.3) is 0 Å². The number of ether oxygens (including phenoxy) is 2. The zero-order valence-electron chi connectivity index (χ0n) is 18.6. The summed E-state index contributed by atoms with van der Waals surface area (Å²) >= 11 is 0. The molecule has 0 heterocycles. The Hall–Kier alpha value is -1.58. The normalized spacial score (nSPS) is 41.8. The molecule has 0 aliphatic heterocycles. The summed E-state index contributed by atoms with van der Waals surface area (Å²) in [5.74, 6) is 1.67. The second kappa shape index (κ2) is 7.28. The van der Waals surface area contributed by atoms with Crippen molar-refractivity contribution in [2.45, 2.75) is 91.8 Å². The Kier molecular flexibility index (Phi) is 5.19. The van der Waals surface area contributed by atoms with Gasteiger partial charge in [-0.05, 0) is 79.6 Å². The van der Waals surface area contributed by atoms with Gasteiger partial charge in [0.25, 0.3) is 0 Å². The van der Waals surface area contributed by atoms with Crippen LogP contribution in [0.4, 0.5) is 0 Å². The molecular weight excluding hydrogens is 364 g/mol. The van der Waals surface area contributed by atoms with Gasteiger partial charge in [-0.15, -0.1) is 0 Å². The van der Waals surface area contributed by atoms with E-state index in [1.165, 1.54) is 37.8 Å². The fourth-order valence-electron chi connectivity index (χ4n) is 7.51. The Bertz CT molecular complexity index is 765. The molecule has 4 rings (SSSR count). The third kappa shape index (κ3) is 3.37. The number of carbonyl (C=O) groups is 2. The number of rotatable bonds is 3. The van der Waals surface area contributed by atoms with Gasteiger partial charge in [-0.3, -0.25) is 9.59 Å². The molecule has 0 N–H and O–H groups in total. The Morgan fingerprint density at radius 3 is 2.41 bits per heavy atom. The summed E-state index contributed by atoms with van der Waals surface area (Å²) in [5, 5.41) is 0. The SMILES string of the molecule is CC(=O)OC1CCC2(C)C(=CCC3C2CCC2(C)C(C(C)OC(C)=O)=CCC32)C1. The molecule has 0 amide bonds. The van der Waals surface area contributed by atoms with Gasteiger partial charge in [0, 0.05) is 20.3 Å². The minimum atomic E-state index is -0.193. The van der Waals surface area contributed by atoms with E-state index in [4.69, 9.17) is 9.47 Å². The predicted molar refractivity (Wildman–Crippen MR) is 112 cm³/mol. The maximum absolute atomic E-state index is 11.5. The molecule has 7 atom stereocenters. The number of esters is 2. The van der Waals surface area contributed by atoms with E-state index in [0.29, 0.717) is 17.8 Å². The Labute approximate surface area is 175 Å². The molecule has 0 spiro atoms. The van der Waals surface area contributed by atoms with Crippen molar-refractivity contribution in [2.24, 2.45) is 28.6 Å². The van der Waals surface area contributed by atoms with Gasteiger partial charge in [0.2, 0.25) is 0 Å². The highest BCUT2D eigenvalue weighted by Crippen LogP contribution is 2.65. The summed E-state index contributed by atoms with van der Waals surface area (Å²) in [4.78, 5) is 22.9. The molecule has 4 heteroatoms. The predicted octanol–water partition coefficient (Wildman–Crippen LogP) is 5.37. The third-order valence-electron chi connectivity index (χ3n) is 8.81. The third-order valence-corrected chi connectivity index (χ3v) is 8.81. The lowest BCUT2D eigenvalue weighted by molar-refractivity contribution is -0.149. The quantitative estimate of drug-likeness (QED) is 0.472. The van der Waals surface area contributed by atoms with Crippen LogP contribution in [-0.2, 0) is 19.1 Å². The molecule has 4 nitrogen and oxygen atoms in total. The summed E-state index contributed by atoms with van der Waals surface area (Å²) in [6.07, 6.45) is 12.4. The number of hydrogen-bond acceptors (Lipinski definition) is 4. The molecular formula is C25H36O4. The Morgan fingerprint density at radius 1 is 1.00 bits per heavy atom. The first kappa shape index (κ1) is 20.7. The second-order valence-corrected chi connectivity index (χ2v) is 10.3. The van der Waals surface area contributed by atoms with E-state index in [9.17, 15) is 9.59 Å². The molecule has 0 aromatic carbocycles. The number of hydrogen-bond donors (Lipinski definition) is 0. The lowest BCUT2D eigenvalue weighted by Gasteiger charge is -2.58. The topological polar surface area (TPSA) is 52.6 Å². The van der Waals surface area contributed by atoms with E-state index in [2.05, 4.69) is 26.0 Å². The summed E-state index contributed by atoms with van der Waals surface area (Å²) < 4.78 is 11.1. The average molecular weight is 401 g/mol. The lowest BCUT2D eigenvalue weighted by atomic mass is 9.47. The van der Waals surface area contributed by atoms with E-state index >= 15 is 0 Å². The van der Waals surface area contributed by atoms with E-state index in [0.717, 1.165) is 32.1 Å². The fraction of sp³-hybridized carbons (Fsp3) is 0.760. The van der Waals surface area contributed by atoms with Crippen molar-refractivity contribution in [1.82, 2.24) is 0 Å². The summed E-state index contributed by atoms with van der Waals surface area (Å²) in [6, 6.07) is 0. The molecule has 0 saturated heterocycles. The van der Waals surface area contributed by atoms with Crippen LogP contribution in [0.15, 0.2) is 23.3 Å². The maximum Gasteiger partial charge on any atom is 0.303 e. The molecule has 0 aromatic rings. The monoisotopic (exact) mass is 400 g/mol. The molecule has 160 valence electrons. The standard InChI is InChI=1S/C25H36O4/c1-15(28-16(2)26)21-8-9-22-20-7-6-18-14-19(29-17(3)27)10-12-24(18,4)23(20)11-13-25(21,22)5/h6,8,15,19-20,22-23H,7,9-14H2,1-5H3. The number of carbonyl (C=O) groups excluding carboxylic acids is 2. The Balaban J connectivity index is 1.55. The number of fused-ring (bicyclic) bond motifs is 5. The smallest absolute Gasteiger partial charge is 0.303 e. The van der Waals surface area contributed by atoms with E-state index in [-0.39, 0.29) is 35.0 Å². The lowest BCUT2D eigenvalue weighted by Crippen LogP contribution is -2.50. The first-order valence-corrected chi connectivity index (χ1v) is 11.4. The van der Waals surface area contributed by atoms with Crippen molar-refractivity contribution in [2.75, 3.05) is 0 Å². The fourth-order valence-corrected chi connectivity index (χ4v) is 7.51. The molecule has 29 heavy (non-hydrogen) atoms. The van der Waals surface area contributed by atoms with Gasteiger partial charge < -0.3 is 9.47 Å². The van der Waals surface area contributed by atoms with E-state index < -0.39 is 0 Å². The Morgan fingerprint density at radius 2 is 1.72 bits per heavy atom. The van der Waals surface area contributed by atoms with Crippen LogP contribution in [0.1, 0.15) is 79.6 Å². The van der Waals surface area contributed by atoms with Gasteiger partial charge in [0.15, 0.2) is 0 Å². The van der Waals surface area contributed by atoms with Crippen LogP contribution in [0, 0.1) is 28.6 Å². The van der Waals surface area contributed by atoms with E-state index in [1.807, 2.05) is 6.92 Å². The van der Waals surface area contributed by atoms with Gasteiger partial charge in [-0.2, -0.15) is 0 Å².